The van der Waals surface area contributed by atoms with Crippen LogP contribution >= 0.6 is 23.2 Å². The summed E-state index contributed by atoms with van der Waals surface area (Å²) in [6, 6.07) is 3.59. The molecule has 4 aliphatic carbocycles. The van der Waals surface area contributed by atoms with Crippen molar-refractivity contribution in [1.82, 2.24) is 15.1 Å². The number of allylic oxidation sites excluding steroid dienone is 1. The Bertz CT molecular complexity index is 1360. The van der Waals surface area contributed by atoms with Crippen LogP contribution in [-0.2, 0) is 16.1 Å². The van der Waals surface area contributed by atoms with E-state index in [9.17, 15) is 4.79 Å². The van der Waals surface area contributed by atoms with E-state index in [0.29, 0.717) is 39.7 Å². The number of carboxylic acids is 1. The Labute approximate surface area is 236 Å². The van der Waals surface area contributed by atoms with Gasteiger partial charge >= 0.3 is 5.97 Å². The molecule has 204 valence electrons. The Balaban J connectivity index is 1.12. The van der Waals surface area contributed by atoms with E-state index in [4.69, 9.17) is 42.3 Å². The molecule has 0 radical (unpaired) electrons. The third-order valence-electron chi connectivity index (χ3n) is 8.35. The highest BCUT2D eigenvalue weighted by atomic mass is 35.5. The zero-order valence-corrected chi connectivity index (χ0v) is 22.9. The van der Waals surface area contributed by atoms with Crippen LogP contribution in [0.4, 0.5) is 0 Å². The monoisotopic (exact) mass is 569 g/mol. The summed E-state index contributed by atoms with van der Waals surface area (Å²) in [6.45, 7) is 0.0190. The van der Waals surface area contributed by atoms with Crippen molar-refractivity contribution < 1.29 is 23.9 Å². The highest BCUT2D eigenvalue weighted by Gasteiger charge is 2.48. The lowest BCUT2D eigenvalue weighted by Gasteiger charge is -2.52. The van der Waals surface area contributed by atoms with Crippen LogP contribution in [0, 0.1) is 5.41 Å². The highest BCUT2D eigenvalue weighted by Crippen LogP contribution is 2.55. The van der Waals surface area contributed by atoms with Crippen molar-refractivity contribution in [3.05, 3.63) is 63.7 Å². The van der Waals surface area contributed by atoms with Crippen LogP contribution in [0.1, 0.15) is 74.2 Å². The zero-order chi connectivity index (χ0) is 27.0. The molecule has 3 aromatic rings. The van der Waals surface area contributed by atoms with E-state index >= 15 is 0 Å². The van der Waals surface area contributed by atoms with Crippen LogP contribution in [0.25, 0.3) is 17.3 Å². The summed E-state index contributed by atoms with van der Waals surface area (Å²) in [5, 5.41) is 14.0. The van der Waals surface area contributed by atoms with Crippen LogP contribution in [-0.4, -0.2) is 38.4 Å². The molecule has 10 heteroatoms. The first-order valence-electron chi connectivity index (χ1n) is 13.3. The summed E-state index contributed by atoms with van der Waals surface area (Å²) in [5.41, 5.74) is 3.22. The van der Waals surface area contributed by atoms with E-state index in [0.717, 1.165) is 68.3 Å². The second-order valence-corrected chi connectivity index (χ2v) is 11.7. The third-order valence-corrected chi connectivity index (χ3v) is 8.92. The molecule has 0 aliphatic heterocycles. The van der Waals surface area contributed by atoms with E-state index in [2.05, 4.69) is 27.3 Å². The number of carboxylic acid groups (broad SMARTS) is 1. The molecule has 0 spiro atoms. The van der Waals surface area contributed by atoms with Gasteiger partial charge < -0.3 is 19.1 Å². The molecule has 4 saturated carbocycles. The van der Waals surface area contributed by atoms with E-state index in [1.165, 1.54) is 0 Å². The van der Waals surface area contributed by atoms with Gasteiger partial charge in [0.1, 0.15) is 11.5 Å². The van der Waals surface area contributed by atoms with Crippen LogP contribution in [0.3, 0.4) is 0 Å². The van der Waals surface area contributed by atoms with Gasteiger partial charge in [0.25, 0.3) is 0 Å². The number of nitrogens with zero attached hydrogens (tertiary/aromatic N) is 3. The van der Waals surface area contributed by atoms with Crippen molar-refractivity contribution in [3.8, 4) is 17.1 Å². The number of hydrogen-bond donors (Lipinski definition) is 1. The number of fused-ring (bicyclic) bond motifs is 3. The topological polar surface area (TPSA) is 108 Å². The second-order valence-electron chi connectivity index (χ2n) is 10.9. The lowest BCUT2D eigenvalue weighted by molar-refractivity contribution is -0.139. The van der Waals surface area contributed by atoms with Crippen LogP contribution in [0.2, 0.25) is 10.0 Å². The van der Waals surface area contributed by atoms with Gasteiger partial charge in [0, 0.05) is 41.7 Å². The molecular formula is C29H29Cl2N3O5. The van der Waals surface area contributed by atoms with Crippen molar-refractivity contribution >= 4 is 35.2 Å². The SMILES string of the molecule is O=C(O)COc1ccc(/C=C/C23CCC(OCc4c(-c5c(Cl)cncc5Cl)noc4C4CC4)(CC2)CC3)cn1. The average molecular weight is 570 g/mol. The lowest BCUT2D eigenvalue weighted by atomic mass is 9.58. The van der Waals surface area contributed by atoms with Gasteiger partial charge in [-0.1, -0.05) is 40.5 Å². The summed E-state index contributed by atoms with van der Waals surface area (Å²) >= 11 is 12.9. The molecule has 3 aromatic heterocycles. The maximum absolute atomic E-state index is 10.7. The summed E-state index contributed by atoms with van der Waals surface area (Å²) in [5.74, 6) is 0.549. The summed E-state index contributed by atoms with van der Waals surface area (Å²) < 4.78 is 17.7. The molecular weight excluding hydrogens is 541 g/mol. The third kappa shape index (κ3) is 5.55. The summed E-state index contributed by atoms with van der Waals surface area (Å²) in [7, 11) is 0. The van der Waals surface area contributed by atoms with Gasteiger partial charge in [0.2, 0.25) is 5.88 Å². The Morgan fingerprint density at radius 2 is 1.79 bits per heavy atom. The lowest BCUT2D eigenvalue weighted by Crippen LogP contribution is -2.46. The van der Waals surface area contributed by atoms with Crippen molar-refractivity contribution in [2.24, 2.45) is 5.41 Å². The number of pyridine rings is 2. The molecule has 4 aliphatic rings. The van der Waals surface area contributed by atoms with Gasteiger partial charge in [0.15, 0.2) is 6.61 Å². The highest BCUT2D eigenvalue weighted by molar-refractivity contribution is 6.38. The number of carbonyl (C=O) groups is 1. The van der Waals surface area contributed by atoms with Crippen LogP contribution in [0.15, 0.2) is 41.3 Å². The van der Waals surface area contributed by atoms with Crippen molar-refractivity contribution in [1.29, 1.82) is 0 Å². The standard InChI is InChI=1S/C29H29Cl2N3O5/c30-21-14-32-15-22(31)25(21)26-20(27(39-34-26)19-2-3-19)16-38-29-10-7-28(8-11-29,9-12-29)6-5-18-1-4-23(33-13-18)37-17-24(35)36/h1,4-6,13-15,19H,2-3,7-12,16-17H2,(H,35,36)/b6-5+. The van der Waals surface area contributed by atoms with E-state index in [1.54, 1.807) is 24.7 Å². The minimum Gasteiger partial charge on any atom is -0.479 e. The average Bonchev–Trinajstić information content (AvgIpc) is 3.71. The first kappa shape index (κ1) is 26.3. The van der Waals surface area contributed by atoms with E-state index < -0.39 is 12.6 Å². The molecule has 4 fully saturated rings. The van der Waals surface area contributed by atoms with Crippen molar-refractivity contribution in [2.45, 2.75) is 69.5 Å². The van der Waals surface area contributed by atoms with Gasteiger partial charge in [-0.05, 0) is 68.4 Å². The first-order chi connectivity index (χ1) is 18.9. The summed E-state index contributed by atoms with van der Waals surface area (Å²) in [6.07, 6.45) is 17.6. The van der Waals surface area contributed by atoms with Gasteiger partial charge in [-0.25, -0.2) is 9.78 Å². The molecule has 7 rings (SSSR count). The first-order valence-corrected chi connectivity index (χ1v) is 14.0. The largest absolute Gasteiger partial charge is 0.479 e. The molecule has 0 atom stereocenters. The minimum absolute atomic E-state index is 0.151. The predicted molar refractivity (Wildman–Crippen MR) is 146 cm³/mol. The normalized spacial score (nSPS) is 24.4. The Morgan fingerprint density at radius 3 is 2.41 bits per heavy atom. The fourth-order valence-electron chi connectivity index (χ4n) is 5.82. The van der Waals surface area contributed by atoms with Crippen LogP contribution in [0.5, 0.6) is 5.88 Å². The molecule has 0 unspecified atom stereocenters. The molecule has 0 aromatic carbocycles. The number of hydrogen-bond acceptors (Lipinski definition) is 7. The van der Waals surface area contributed by atoms with Gasteiger partial charge in [-0.3, -0.25) is 4.98 Å². The van der Waals surface area contributed by atoms with Crippen LogP contribution < -0.4 is 4.74 Å². The maximum Gasteiger partial charge on any atom is 0.341 e. The molecule has 39 heavy (non-hydrogen) atoms. The van der Waals surface area contributed by atoms with E-state index in [-0.39, 0.29) is 11.0 Å². The number of aliphatic carboxylic acids is 1. The molecule has 2 bridgehead atoms. The second kappa shape index (κ2) is 10.6. The quantitative estimate of drug-likeness (QED) is 0.275. The van der Waals surface area contributed by atoms with Gasteiger partial charge in [0.05, 0.1) is 22.3 Å². The van der Waals surface area contributed by atoms with Gasteiger partial charge in [-0.15, -0.1) is 0 Å². The molecule has 8 nitrogen and oxygen atoms in total. The number of aromatic nitrogens is 3. The number of ether oxygens (including phenoxy) is 2. The van der Waals surface area contributed by atoms with Gasteiger partial charge in [-0.2, -0.15) is 0 Å². The van der Waals surface area contributed by atoms with Crippen molar-refractivity contribution in [2.75, 3.05) is 6.61 Å². The smallest absolute Gasteiger partial charge is 0.341 e. The maximum atomic E-state index is 10.7. The summed E-state index contributed by atoms with van der Waals surface area (Å²) in [4.78, 5) is 18.9. The van der Waals surface area contributed by atoms with E-state index in [1.807, 2.05) is 6.07 Å². The number of halogens is 2. The minimum atomic E-state index is -1.03. The molecule has 0 saturated heterocycles. The van der Waals surface area contributed by atoms with Crippen molar-refractivity contribution in [3.63, 3.8) is 0 Å². The Morgan fingerprint density at radius 1 is 1.08 bits per heavy atom. The fraction of sp³-hybridized carbons (Fsp3) is 0.448. The molecule has 3 heterocycles. The predicted octanol–water partition coefficient (Wildman–Crippen LogP) is 7.10. The zero-order valence-electron chi connectivity index (χ0n) is 21.4. The fourth-order valence-corrected chi connectivity index (χ4v) is 6.36. The molecule has 0 amide bonds. The Kier molecular flexibility index (Phi) is 7.12. The Hall–Kier alpha value is -2.94. The molecule has 1 N–H and O–H groups in total. The number of rotatable bonds is 10.